The van der Waals surface area contributed by atoms with E-state index in [0.29, 0.717) is 5.92 Å². The third-order valence-electron chi connectivity index (χ3n) is 5.68. The maximum Gasteiger partial charge on any atom is 0.254 e. The molecule has 0 spiro atoms. The molecule has 0 aliphatic carbocycles. The SMILES string of the molecule is O=C(c1ccc(-n2cnnc2)cc1)N1CC2CCC1CN(c1cnccn1)C2. The van der Waals surface area contributed by atoms with Crippen molar-refractivity contribution in [1.82, 2.24) is 29.6 Å². The summed E-state index contributed by atoms with van der Waals surface area (Å²) < 4.78 is 1.82. The number of carbonyl (C=O) groups excluding carboxylic acids is 1. The molecule has 3 fully saturated rings. The third-order valence-corrected chi connectivity index (χ3v) is 5.68. The molecule has 0 radical (unpaired) electrons. The summed E-state index contributed by atoms with van der Waals surface area (Å²) in [7, 11) is 0. The van der Waals surface area contributed by atoms with Crippen molar-refractivity contribution in [3.05, 3.63) is 61.1 Å². The van der Waals surface area contributed by atoms with Crippen molar-refractivity contribution in [1.29, 1.82) is 0 Å². The molecule has 2 aromatic heterocycles. The normalized spacial score (nSPS) is 21.6. The van der Waals surface area contributed by atoms with E-state index in [1.54, 1.807) is 31.2 Å². The fourth-order valence-electron chi connectivity index (χ4n) is 4.25. The average Bonchev–Trinajstić information content (AvgIpc) is 3.14. The van der Waals surface area contributed by atoms with Crippen molar-refractivity contribution in [3.8, 4) is 5.69 Å². The second kappa shape index (κ2) is 7.03. The van der Waals surface area contributed by atoms with E-state index < -0.39 is 0 Å². The summed E-state index contributed by atoms with van der Waals surface area (Å²) in [4.78, 5) is 26.2. The summed E-state index contributed by atoms with van der Waals surface area (Å²) >= 11 is 0. The number of hydrogen-bond donors (Lipinski definition) is 0. The molecule has 3 aliphatic rings. The predicted molar refractivity (Wildman–Crippen MR) is 103 cm³/mol. The Hall–Kier alpha value is -3.29. The van der Waals surface area contributed by atoms with Gasteiger partial charge in [0.1, 0.15) is 18.5 Å². The van der Waals surface area contributed by atoms with Gasteiger partial charge in [0.25, 0.3) is 5.91 Å². The lowest BCUT2D eigenvalue weighted by Gasteiger charge is -2.36. The molecule has 0 saturated carbocycles. The highest BCUT2D eigenvalue weighted by Crippen LogP contribution is 2.31. The lowest BCUT2D eigenvalue weighted by Crippen LogP contribution is -2.47. The second-order valence-corrected chi connectivity index (χ2v) is 7.44. The Labute approximate surface area is 162 Å². The van der Waals surface area contributed by atoms with Crippen LogP contribution < -0.4 is 4.90 Å². The van der Waals surface area contributed by atoms with Crippen molar-refractivity contribution in [2.75, 3.05) is 24.5 Å². The summed E-state index contributed by atoms with van der Waals surface area (Å²) in [6, 6.07) is 7.83. The minimum Gasteiger partial charge on any atom is -0.353 e. The highest BCUT2D eigenvalue weighted by atomic mass is 16.2. The number of anilines is 1. The van der Waals surface area contributed by atoms with Gasteiger partial charge in [-0.15, -0.1) is 10.2 Å². The maximum atomic E-state index is 13.2. The van der Waals surface area contributed by atoms with Crippen LogP contribution in [-0.2, 0) is 0 Å². The standard InChI is InChI=1S/C20H21N7O/c28-20(16-2-5-17(6-3-16)26-13-23-24-14-26)27-11-15-1-4-18(27)12-25(10-15)19-9-21-7-8-22-19/h2-3,5-9,13-15,18H,1,4,10-12H2. The van der Waals surface area contributed by atoms with Gasteiger partial charge in [-0.25, -0.2) is 4.98 Å². The maximum absolute atomic E-state index is 13.2. The Morgan fingerprint density at radius 1 is 0.964 bits per heavy atom. The molecular weight excluding hydrogens is 354 g/mol. The van der Waals surface area contributed by atoms with Gasteiger partial charge in [0.05, 0.1) is 6.20 Å². The molecule has 2 unspecified atom stereocenters. The number of piperidine rings is 1. The first-order valence-electron chi connectivity index (χ1n) is 9.55. The molecule has 1 amide bonds. The van der Waals surface area contributed by atoms with Gasteiger partial charge in [0, 0.05) is 49.3 Å². The summed E-state index contributed by atoms with van der Waals surface area (Å²) in [5.41, 5.74) is 1.66. The summed E-state index contributed by atoms with van der Waals surface area (Å²) in [5.74, 6) is 1.46. The molecule has 28 heavy (non-hydrogen) atoms. The molecule has 8 nitrogen and oxygen atoms in total. The molecular formula is C20H21N7O. The van der Waals surface area contributed by atoms with Crippen LogP contribution in [0.5, 0.6) is 0 Å². The summed E-state index contributed by atoms with van der Waals surface area (Å²) in [5, 5.41) is 7.64. The molecule has 5 heterocycles. The predicted octanol–water partition coefficient (Wildman–Crippen LogP) is 1.80. The van der Waals surface area contributed by atoms with Crippen molar-refractivity contribution in [2.45, 2.75) is 18.9 Å². The van der Waals surface area contributed by atoms with Gasteiger partial charge in [-0.2, -0.15) is 0 Å². The minimum atomic E-state index is 0.103. The van der Waals surface area contributed by atoms with Gasteiger partial charge in [0.15, 0.2) is 0 Å². The van der Waals surface area contributed by atoms with E-state index in [2.05, 4.69) is 30.0 Å². The van der Waals surface area contributed by atoms with Crippen LogP contribution in [0, 0.1) is 5.92 Å². The van der Waals surface area contributed by atoms with Gasteiger partial charge in [-0.3, -0.25) is 14.3 Å². The lowest BCUT2D eigenvalue weighted by atomic mass is 9.94. The van der Waals surface area contributed by atoms with E-state index >= 15 is 0 Å². The quantitative estimate of drug-likeness (QED) is 0.694. The van der Waals surface area contributed by atoms with Crippen molar-refractivity contribution in [3.63, 3.8) is 0 Å². The second-order valence-electron chi connectivity index (χ2n) is 7.44. The van der Waals surface area contributed by atoms with Crippen LogP contribution in [0.2, 0.25) is 0 Å². The summed E-state index contributed by atoms with van der Waals surface area (Å²) in [6.07, 6.45) is 10.7. The first-order chi connectivity index (χ1) is 13.8. The van der Waals surface area contributed by atoms with E-state index in [0.717, 1.165) is 49.5 Å². The Bertz CT molecular complexity index is 942. The van der Waals surface area contributed by atoms with Crippen molar-refractivity contribution < 1.29 is 4.79 Å². The molecule has 0 N–H and O–H groups in total. The largest absolute Gasteiger partial charge is 0.353 e. The van der Waals surface area contributed by atoms with Gasteiger partial charge < -0.3 is 9.80 Å². The Morgan fingerprint density at radius 2 is 1.79 bits per heavy atom. The van der Waals surface area contributed by atoms with Crippen LogP contribution in [0.3, 0.4) is 0 Å². The average molecular weight is 375 g/mol. The van der Waals surface area contributed by atoms with Crippen LogP contribution in [0.1, 0.15) is 23.2 Å². The number of nitrogens with zero attached hydrogens (tertiary/aromatic N) is 7. The van der Waals surface area contributed by atoms with E-state index in [9.17, 15) is 4.79 Å². The number of rotatable bonds is 3. The van der Waals surface area contributed by atoms with E-state index in [1.165, 1.54) is 0 Å². The van der Waals surface area contributed by atoms with Gasteiger partial charge in [-0.1, -0.05) is 0 Å². The molecule has 3 saturated heterocycles. The van der Waals surface area contributed by atoms with Crippen LogP contribution in [0.25, 0.3) is 5.69 Å². The van der Waals surface area contributed by atoms with Crippen LogP contribution in [0.15, 0.2) is 55.5 Å². The highest BCUT2D eigenvalue weighted by Gasteiger charge is 2.37. The number of hydrogen-bond acceptors (Lipinski definition) is 6. The van der Waals surface area contributed by atoms with Gasteiger partial charge in [0.2, 0.25) is 0 Å². The molecule has 3 aliphatic heterocycles. The van der Waals surface area contributed by atoms with Crippen LogP contribution in [-0.4, -0.2) is 61.2 Å². The topological polar surface area (TPSA) is 80.0 Å². The molecule has 8 heteroatoms. The van der Waals surface area contributed by atoms with Crippen LogP contribution >= 0.6 is 0 Å². The van der Waals surface area contributed by atoms with E-state index in [-0.39, 0.29) is 11.9 Å². The van der Waals surface area contributed by atoms with Gasteiger partial charge in [-0.05, 0) is 43.0 Å². The molecule has 1 aromatic carbocycles. The number of amides is 1. The number of benzene rings is 1. The Kier molecular flexibility index (Phi) is 4.23. The lowest BCUT2D eigenvalue weighted by molar-refractivity contribution is 0.0592. The summed E-state index contributed by atoms with van der Waals surface area (Å²) in [6.45, 7) is 2.53. The fraction of sp³-hybridized carbons (Fsp3) is 0.350. The van der Waals surface area contributed by atoms with E-state index in [1.807, 2.05) is 28.8 Å². The Morgan fingerprint density at radius 3 is 2.54 bits per heavy atom. The monoisotopic (exact) mass is 375 g/mol. The number of aromatic nitrogens is 5. The number of fused-ring (bicyclic) bond motifs is 4. The first kappa shape index (κ1) is 16.9. The molecule has 6 rings (SSSR count). The molecule has 142 valence electrons. The minimum absolute atomic E-state index is 0.103. The zero-order chi connectivity index (χ0) is 18.9. The Balaban J connectivity index is 1.35. The third kappa shape index (κ3) is 3.11. The van der Waals surface area contributed by atoms with E-state index in [4.69, 9.17) is 0 Å². The zero-order valence-electron chi connectivity index (χ0n) is 15.4. The zero-order valence-corrected chi connectivity index (χ0v) is 15.4. The molecule has 2 atom stereocenters. The van der Waals surface area contributed by atoms with Gasteiger partial charge >= 0.3 is 0 Å². The van der Waals surface area contributed by atoms with Crippen LogP contribution in [0.4, 0.5) is 5.82 Å². The molecule has 3 aromatic rings. The fourth-order valence-corrected chi connectivity index (χ4v) is 4.25. The molecule has 2 bridgehead atoms. The number of carbonyl (C=O) groups is 1. The smallest absolute Gasteiger partial charge is 0.254 e. The van der Waals surface area contributed by atoms with Crippen molar-refractivity contribution in [2.24, 2.45) is 5.92 Å². The first-order valence-corrected chi connectivity index (χ1v) is 9.55. The van der Waals surface area contributed by atoms with Crippen molar-refractivity contribution >= 4 is 11.7 Å². The highest BCUT2D eigenvalue weighted by molar-refractivity contribution is 5.94.